The van der Waals surface area contributed by atoms with Gasteiger partial charge in [0, 0.05) is 44.2 Å². The van der Waals surface area contributed by atoms with Crippen LogP contribution in [0.1, 0.15) is 37.4 Å². The SMILES string of the molecule is CCn1c(C2CC2)nn(CN2CCN(Cc3nc(-c4ccc(OC)cc4)no3)CC2)c1=S. The third-order valence-electron chi connectivity index (χ3n) is 6.18. The number of rotatable bonds is 8. The molecule has 5 rings (SSSR count). The molecule has 0 unspecified atom stereocenters. The predicted octanol–water partition coefficient (Wildman–Crippen LogP) is 3.15. The summed E-state index contributed by atoms with van der Waals surface area (Å²) in [5, 5.41) is 8.98. The second-order valence-corrected chi connectivity index (χ2v) is 8.80. The molecule has 2 fully saturated rings. The lowest BCUT2D eigenvalue weighted by Gasteiger charge is -2.33. The van der Waals surface area contributed by atoms with Crippen molar-refractivity contribution >= 4 is 12.2 Å². The molecule has 1 saturated heterocycles. The Bertz CT molecular complexity index is 1110. The highest BCUT2D eigenvalue weighted by atomic mass is 32.1. The Balaban J connectivity index is 1.15. The van der Waals surface area contributed by atoms with Crippen molar-refractivity contribution in [3.8, 4) is 17.1 Å². The highest BCUT2D eigenvalue weighted by Gasteiger charge is 2.30. The molecule has 1 aliphatic heterocycles. The van der Waals surface area contributed by atoms with Crippen molar-refractivity contribution in [3.05, 3.63) is 40.8 Å². The molecule has 170 valence electrons. The zero-order valence-electron chi connectivity index (χ0n) is 18.6. The first-order chi connectivity index (χ1) is 15.6. The molecule has 1 aromatic carbocycles. The highest BCUT2D eigenvalue weighted by molar-refractivity contribution is 7.71. The summed E-state index contributed by atoms with van der Waals surface area (Å²) in [6.45, 7) is 8.24. The summed E-state index contributed by atoms with van der Waals surface area (Å²) < 4.78 is 15.7. The number of aromatic nitrogens is 5. The lowest BCUT2D eigenvalue weighted by molar-refractivity contribution is 0.0907. The van der Waals surface area contributed by atoms with E-state index >= 15 is 0 Å². The van der Waals surface area contributed by atoms with Gasteiger partial charge in [-0.3, -0.25) is 9.80 Å². The molecule has 0 N–H and O–H groups in total. The fourth-order valence-electron chi connectivity index (χ4n) is 4.14. The van der Waals surface area contributed by atoms with Gasteiger partial charge >= 0.3 is 0 Å². The zero-order valence-corrected chi connectivity index (χ0v) is 19.4. The molecule has 1 saturated carbocycles. The average Bonchev–Trinajstić information content (AvgIpc) is 3.49. The average molecular weight is 456 g/mol. The molecule has 3 aromatic rings. The van der Waals surface area contributed by atoms with Crippen LogP contribution in [-0.2, 0) is 19.8 Å². The van der Waals surface area contributed by atoms with Gasteiger partial charge in [-0.15, -0.1) is 0 Å². The monoisotopic (exact) mass is 455 g/mol. The highest BCUT2D eigenvalue weighted by Crippen LogP contribution is 2.39. The maximum Gasteiger partial charge on any atom is 0.241 e. The molecule has 3 heterocycles. The van der Waals surface area contributed by atoms with Crippen molar-refractivity contribution in [2.24, 2.45) is 0 Å². The van der Waals surface area contributed by atoms with Crippen molar-refractivity contribution in [1.29, 1.82) is 0 Å². The summed E-state index contributed by atoms with van der Waals surface area (Å²) >= 11 is 5.69. The fraction of sp³-hybridized carbons (Fsp3) is 0.545. The van der Waals surface area contributed by atoms with Gasteiger partial charge in [0.2, 0.25) is 11.7 Å². The van der Waals surface area contributed by atoms with E-state index in [4.69, 9.17) is 26.6 Å². The Kier molecular flexibility index (Phi) is 6.07. The van der Waals surface area contributed by atoms with Crippen molar-refractivity contribution in [2.45, 2.75) is 45.4 Å². The lowest BCUT2D eigenvalue weighted by Crippen LogP contribution is -2.46. The molecule has 0 atom stereocenters. The lowest BCUT2D eigenvalue weighted by atomic mass is 10.2. The number of hydrogen-bond donors (Lipinski definition) is 0. The molecule has 10 heteroatoms. The Morgan fingerprint density at radius 2 is 1.81 bits per heavy atom. The predicted molar refractivity (Wildman–Crippen MR) is 122 cm³/mol. The first-order valence-electron chi connectivity index (χ1n) is 11.2. The van der Waals surface area contributed by atoms with E-state index in [1.54, 1.807) is 7.11 Å². The molecule has 0 spiro atoms. The van der Waals surface area contributed by atoms with Crippen molar-refractivity contribution in [1.82, 2.24) is 34.3 Å². The zero-order chi connectivity index (χ0) is 22.1. The summed E-state index contributed by atoms with van der Waals surface area (Å²) in [4.78, 5) is 9.33. The molecular formula is C22H29N7O2S. The van der Waals surface area contributed by atoms with E-state index in [0.717, 1.165) is 55.5 Å². The van der Waals surface area contributed by atoms with Crippen LogP contribution in [0.2, 0.25) is 0 Å². The van der Waals surface area contributed by atoms with Crippen LogP contribution in [0.15, 0.2) is 28.8 Å². The Hall–Kier alpha value is -2.56. The molecule has 0 bridgehead atoms. The van der Waals surface area contributed by atoms with Gasteiger partial charge in [-0.2, -0.15) is 10.1 Å². The minimum absolute atomic E-state index is 0.604. The van der Waals surface area contributed by atoms with Gasteiger partial charge in [-0.1, -0.05) is 5.16 Å². The molecular weight excluding hydrogens is 426 g/mol. The minimum Gasteiger partial charge on any atom is -0.497 e. The molecule has 32 heavy (non-hydrogen) atoms. The first-order valence-corrected chi connectivity index (χ1v) is 11.6. The summed E-state index contributed by atoms with van der Waals surface area (Å²) in [6.07, 6.45) is 2.47. The van der Waals surface area contributed by atoms with E-state index in [9.17, 15) is 0 Å². The Labute approximate surface area is 192 Å². The molecule has 2 aromatic heterocycles. The van der Waals surface area contributed by atoms with E-state index in [-0.39, 0.29) is 0 Å². The number of hydrogen-bond acceptors (Lipinski definition) is 8. The van der Waals surface area contributed by atoms with Gasteiger partial charge < -0.3 is 13.8 Å². The number of benzene rings is 1. The number of piperazine rings is 1. The number of nitrogens with zero attached hydrogens (tertiary/aromatic N) is 7. The van der Waals surface area contributed by atoms with E-state index < -0.39 is 0 Å². The fourth-order valence-corrected chi connectivity index (χ4v) is 4.46. The van der Waals surface area contributed by atoms with Crippen molar-refractivity contribution < 1.29 is 9.26 Å². The summed E-state index contributed by atoms with van der Waals surface area (Å²) in [6, 6.07) is 7.67. The maximum atomic E-state index is 5.69. The van der Waals surface area contributed by atoms with Gasteiger partial charge in [-0.05, 0) is 56.2 Å². The standard InChI is InChI=1S/C22H29N7O2S/c1-3-28-21(17-4-5-17)24-29(22(28)32)15-27-12-10-26(11-13-27)14-19-23-20(25-31-19)16-6-8-18(30-2)9-7-16/h6-9,17H,3-5,10-15H2,1-2H3. The largest absolute Gasteiger partial charge is 0.497 e. The second kappa shape index (κ2) is 9.13. The first kappa shape index (κ1) is 21.3. The maximum absolute atomic E-state index is 5.69. The van der Waals surface area contributed by atoms with E-state index in [1.165, 1.54) is 18.7 Å². The van der Waals surface area contributed by atoms with Crippen LogP contribution in [0.4, 0.5) is 0 Å². The Morgan fingerprint density at radius 3 is 2.47 bits per heavy atom. The molecule has 0 radical (unpaired) electrons. The van der Waals surface area contributed by atoms with E-state index in [0.29, 0.717) is 24.2 Å². The van der Waals surface area contributed by atoms with Crippen LogP contribution < -0.4 is 4.74 Å². The van der Waals surface area contributed by atoms with Crippen LogP contribution in [-0.4, -0.2) is 67.6 Å². The van der Waals surface area contributed by atoms with Crippen LogP contribution in [0.25, 0.3) is 11.4 Å². The van der Waals surface area contributed by atoms with Gasteiger partial charge in [-0.25, -0.2) is 4.68 Å². The van der Waals surface area contributed by atoms with Crippen molar-refractivity contribution in [2.75, 3.05) is 33.3 Å². The summed E-state index contributed by atoms with van der Waals surface area (Å²) in [5.41, 5.74) is 0.916. The topological polar surface area (TPSA) is 77.4 Å². The third-order valence-corrected chi connectivity index (χ3v) is 6.62. The van der Waals surface area contributed by atoms with Crippen LogP contribution >= 0.6 is 12.2 Å². The molecule has 2 aliphatic rings. The van der Waals surface area contributed by atoms with Gasteiger partial charge in [0.05, 0.1) is 20.3 Å². The Morgan fingerprint density at radius 1 is 1.09 bits per heavy atom. The molecule has 9 nitrogen and oxygen atoms in total. The van der Waals surface area contributed by atoms with Crippen LogP contribution in [0.3, 0.4) is 0 Å². The normalized spacial score (nSPS) is 17.7. The summed E-state index contributed by atoms with van der Waals surface area (Å²) in [5.74, 6) is 3.82. The smallest absolute Gasteiger partial charge is 0.241 e. The second-order valence-electron chi connectivity index (χ2n) is 8.43. The minimum atomic E-state index is 0.604. The van der Waals surface area contributed by atoms with Crippen LogP contribution in [0, 0.1) is 4.77 Å². The van der Waals surface area contributed by atoms with Gasteiger partial charge in [0.15, 0.2) is 4.77 Å². The van der Waals surface area contributed by atoms with E-state index in [2.05, 4.69) is 31.4 Å². The van der Waals surface area contributed by atoms with E-state index in [1.807, 2.05) is 28.9 Å². The number of methoxy groups -OCH3 is 1. The van der Waals surface area contributed by atoms with Crippen molar-refractivity contribution in [3.63, 3.8) is 0 Å². The molecule has 0 amide bonds. The van der Waals surface area contributed by atoms with Gasteiger partial charge in [0.25, 0.3) is 0 Å². The van der Waals surface area contributed by atoms with Gasteiger partial charge in [0.1, 0.15) is 11.6 Å². The molecule has 1 aliphatic carbocycles. The summed E-state index contributed by atoms with van der Waals surface area (Å²) in [7, 11) is 1.65. The van der Waals surface area contributed by atoms with Crippen LogP contribution in [0.5, 0.6) is 5.75 Å². The third kappa shape index (κ3) is 4.48. The quantitative estimate of drug-likeness (QED) is 0.480. The number of ether oxygens (including phenoxy) is 1.